The number of esters is 1. The zero-order valence-corrected chi connectivity index (χ0v) is 18.0. The van der Waals surface area contributed by atoms with Gasteiger partial charge in [0.2, 0.25) is 0 Å². The first-order valence-corrected chi connectivity index (χ1v) is 9.68. The molecule has 0 saturated heterocycles. The fourth-order valence-electron chi connectivity index (χ4n) is 2.89. The minimum atomic E-state index is -0.880. The van der Waals surface area contributed by atoms with Gasteiger partial charge in [-0.2, -0.15) is 0 Å². The standard InChI is InChI=1S/C22H29NO6/c1-8-12(2)18(23-21(26)29-22(5,6)7)20(25)27-16-10-9-15-13(3)11-17(24)28-19(15)14(16)4/h9-12,18H,8H2,1-7H3,(H,23,26)/t12-,18-/m0/s1. The molecule has 2 atom stereocenters. The quantitative estimate of drug-likeness (QED) is 0.455. The number of alkyl carbamates (subject to hydrolysis) is 1. The number of nitrogens with one attached hydrogen (secondary N) is 1. The van der Waals surface area contributed by atoms with E-state index in [1.54, 1.807) is 39.8 Å². The average Bonchev–Trinajstić information content (AvgIpc) is 2.60. The monoisotopic (exact) mass is 403 g/mol. The van der Waals surface area contributed by atoms with Crippen LogP contribution >= 0.6 is 0 Å². The molecule has 1 aromatic carbocycles. The molecule has 1 N–H and O–H groups in total. The van der Waals surface area contributed by atoms with Gasteiger partial charge in [-0.25, -0.2) is 14.4 Å². The number of carbonyl (C=O) groups excluding carboxylic acids is 2. The van der Waals surface area contributed by atoms with Crippen LogP contribution in [0.1, 0.15) is 52.2 Å². The lowest BCUT2D eigenvalue weighted by molar-refractivity contribution is -0.138. The van der Waals surface area contributed by atoms with E-state index in [0.717, 1.165) is 10.9 Å². The van der Waals surface area contributed by atoms with Crippen LogP contribution < -0.4 is 15.7 Å². The number of fused-ring (bicyclic) bond motifs is 1. The minimum absolute atomic E-state index is 0.170. The maximum absolute atomic E-state index is 12.9. The highest BCUT2D eigenvalue weighted by Crippen LogP contribution is 2.28. The zero-order valence-electron chi connectivity index (χ0n) is 18.0. The van der Waals surface area contributed by atoms with Crippen molar-refractivity contribution in [2.24, 2.45) is 5.92 Å². The van der Waals surface area contributed by atoms with Crippen molar-refractivity contribution >= 4 is 23.0 Å². The lowest BCUT2D eigenvalue weighted by Gasteiger charge is -2.25. The van der Waals surface area contributed by atoms with E-state index in [2.05, 4.69) is 5.32 Å². The van der Waals surface area contributed by atoms with Gasteiger partial charge in [0.05, 0.1) is 0 Å². The summed E-state index contributed by atoms with van der Waals surface area (Å²) in [4.78, 5) is 36.7. The fraction of sp³-hybridized carbons (Fsp3) is 0.500. The van der Waals surface area contributed by atoms with Crippen LogP contribution in [0.2, 0.25) is 0 Å². The summed E-state index contributed by atoms with van der Waals surface area (Å²) in [6.07, 6.45) is -0.0306. The molecule has 0 aliphatic heterocycles. The van der Waals surface area contributed by atoms with Crippen LogP contribution in [0.3, 0.4) is 0 Å². The van der Waals surface area contributed by atoms with Crippen molar-refractivity contribution < 1.29 is 23.5 Å². The van der Waals surface area contributed by atoms with E-state index in [4.69, 9.17) is 13.9 Å². The molecule has 158 valence electrons. The zero-order chi connectivity index (χ0) is 21.9. The third kappa shape index (κ3) is 5.59. The highest BCUT2D eigenvalue weighted by Gasteiger charge is 2.30. The van der Waals surface area contributed by atoms with Gasteiger partial charge in [-0.3, -0.25) is 0 Å². The summed E-state index contributed by atoms with van der Waals surface area (Å²) < 4.78 is 16.1. The molecule has 2 rings (SSSR count). The van der Waals surface area contributed by atoms with Crippen LogP contribution in [-0.2, 0) is 9.53 Å². The van der Waals surface area contributed by atoms with Gasteiger partial charge in [0, 0.05) is 17.0 Å². The number of benzene rings is 1. The van der Waals surface area contributed by atoms with E-state index in [1.165, 1.54) is 6.07 Å². The molecule has 29 heavy (non-hydrogen) atoms. The van der Waals surface area contributed by atoms with Crippen LogP contribution in [0.15, 0.2) is 27.4 Å². The minimum Gasteiger partial charge on any atom is -0.444 e. The second-order valence-electron chi connectivity index (χ2n) is 8.24. The predicted octanol–water partition coefficient (Wildman–Crippen LogP) is 4.25. The molecular weight excluding hydrogens is 374 g/mol. The third-order valence-electron chi connectivity index (χ3n) is 4.67. The van der Waals surface area contributed by atoms with Gasteiger partial charge < -0.3 is 19.2 Å². The van der Waals surface area contributed by atoms with Crippen molar-refractivity contribution in [2.75, 3.05) is 0 Å². The van der Waals surface area contributed by atoms with Crippen molar-refractivity contribution in [3.8, 4) is 5.75 Å². The van der Waals surface area contributed by atoms with Crippen LogP contribution in [0, 0.1) is 19.8 Å². The Kier molecular flexibility index (Phi) is 6.72. The van der Waals surface area contributed by atoms with E-state index in [1.807, 2.05) is 20.8 Å². The smallest absolute Gasteiger partial charge is 0.408 e. The fourth-order valence-corrected chi connectivity index (χ4v) is 2.89. The molecule has 1 heterocycles. The molecule has 1 amide bonds. The van der Waals surface area contributed by atoms with Crippen LogP contribution in [0.5, 0.6) is 5.75 Å². The highest BCUT2D eigenvalue weighted by molar-refractivity contribution is 5.87. The third-order valence-corrected chi connectivity index (χ3v) is 4.67. The predicted molar refractivity (Wildman–Crippen MR) is 110 cm³/mol. The SMILES string of the molecule is CC[C@H](C)[C@H](NC(=O)OC(C)(C)C)C(=O)Oc1ccc2c(C)cc(=O)oc2c1C. The first kappa shape index (κ1) is 22.5. The van der Waals surface area contributed by atoms with Crippen molar-refractivity contribution in [1.82, 2.24) is 5.32 Å². The number of carbonyl (C=O) groups is 2. The lowest BCUT2D eigenvalue weighted by Crippen LogP contribution is -2.48. The molecule has 7 heteroatoms. The van der Waals surface area contributed by atoms with Gasteiger partial charge in [0.1, 0.15) is 23.0 Å². The van der Waals surface area contributed by atoms with E-state index in [-0.39, 0.29) is 11.7 Å². The molecule has 0 saturated carbocycles. The van der Waals surface area contributed by atoms with E-state index in [0.29, 0.717) is 17.6 Å². The Balaban J connectivity index is 2.30. The summed E-state index contributed by atoms with van der Waals surface area (Å²) in [5.41, 5.74) is 0.544. The van der Waals surface area contributed by atoms with E-state index in [9.17, 15) is 14.4 Å². The summed E-state index contributed by atoms with van der Waals surface area (Å²) in [5.74, 6) is -0.505. The van der Waals surface area contributed by atoms with E-state index >= 15 is 0 Å². The molecule has 7 nitrogen and oxygen atoms in total. The molecular formula is C22H29NO6. The topological polar surface area (TPSA) is 94.8 Å². The molecule has 0 unspecified atom stereocenters. The second-order valence-corrected chi connectivity index (χ2v) is 8.24. The van der Waals surface area contributed by atoms with Gasteiger partial charge in [-0.1, -0.05) is 20.3 Å². The van der Waals surface area contributed by atoms with Crippen molar-refractivity contribution in [2.45, 2.75) is 66.5 Å². The second kappa shape index (κ2) is 8.68. The number of aryl methyl sites for hydroxylation is 2. The number of hydrogen-bond acceptors (Lipinski definition) is 6. The number of ether oxygens (including phenoxy) is 2. The number of rotatable bonds is 5. The molecule has 0 aliphatic rings. The average molecular weight is 403 g/mol. The van der Waals surface area contributed by atoms with Crippen LogP contribution in [0.25, 0.3) is 11.0 Å². The summed E-state index contributed by atoms with van der Waals surface area (Å²) >= 11 is 0. The lowest BCUT2D eigenvalue weighted by atomic mass is 9.99. The summed E-state index contributed by atoms with van der Waals surface area (Å²) in [6.45, 7) is 12.5. The number of amides is 1. The highest BCUT2D eigenvalue weighted by atomic mass is 16.6. The first-order chi connectivity index (χ1) is 13.4. The Morgan fingerprint density at radius 2 is 1.86 bits per heavy atom. The Labute approximate surface area is 170 Å². The Hall–Kier alpha value is -2.83. The summed E-state index contributed by atoms with van der Waals surface area (Å²) in [5, 5.41) is 3.38. The molecule has 0 aliphatic carbocycles. The largest absolute Gasteiger partial charge is 0.444 e. The van der Waals surface area contributed by atoms with Gasteiger partial charge in [0.25, 0.3) is 0 Å². The van der Waals surface area contributed by atoms with Gasteiger partial charge >= 0.3 is 17.7 Å². The van der Waals surface area contributed by atoms with Gasteiger partial charge in [-0.15, -0.1) is 0 Å². The molecule has 1 aromatic heterocycles. The maximum atomic E-state index is 12.9. The molecule has 0 spiro atoms. The molecule has 0 fully saturated rings. The van der Waals surface area contributed by atoms with Crippen molar-refractivity contribution in [3.63, 3.8) is 0 Å². The van der Waals surface area contributed by atoms with Crippen molar-refractivity contribution in [1.29, 1.82) is 0 Å². The normalized spacial score (nSPS) is 13.6. The van der Waals surface area contributed by atoms with Gasteiger partial charge in [-0.05, 0) is 58.2 Å². The molecule has 0 bridgehead atoms. The van der Waals surface area contributed by atoms with Crippen LogP contribution in [0.4, 0.5) is 4.79 Å². The van der Waals surface area contributed by atoms with E-state index < -0.39 is 29.3 Å². The summed E-state index contributed by atoms with van der Waals surface area (Å²) in [6, 6.07) is 3.93. The van der Waals surface area contributed by atoms with Gasteiger partial charge in [0.15, 0.2) is 0 Å². The molecule has 2 aromatic rings. The molecule has 0 radical (unpaired) electrons. The first-order valence-electron chi connectivity index (χ1n) is 9.68. The maximum Gasteiger partial charge on any atom is 0.408 e. The Bertz CT molecular complexity index is 970. The van der Waals surface area contributed by atoms with Crippen molar-refractivity contribution in [3.05, 3.63) is 39.7 Å². The van der Waals surface area contributed by atoms with Crippen LogP contribution in [-0.4, -0.2) is 23.7 Å². The number of hydrogen-bond donors (Lipinski definition) is 1. The summed E-state index contributed by atoms with van der Waals surface area (Å²) in [7, 11) is 0. The Morgan fingerprint density at radius 1 is 1.21 bits per heavy atom. The Morgan fingerprint density at radius 3 is 2.45 bits per heavy atom.